The van der Waals surface area contributed by atoms with Crippen molar-refractivity contribution in [1.29, 1.82) is 0 Å². The van der Waals surface area contributed by atoms with Crippen LogP contribution in [0.1, 0.15) is 49.6 Å². The van der Waals surface area contributed by atoms with E-state index in [-0.39, 0.29) is 0 Å². The van der Waals surface area contributed by atoms with E-state index in [2.05, 4.69) is 71.7 Å². The van der Waals surface area contributed by atoms with Crippen LogP contribution in [0.4, 0.5) is 22.9 Å². The predicted molar refractivity (Wildman–Crippen MR) is 158 cm³/mol. The topological polar surface area (TPSA) is 76.6 Å². The number of rotatable bonds is 8. The third-order valence-corrected chi connectivity index (χ3v) is 8.58. The molecule has 0 amide bonds. The van der Waals surface area contributed by atoms with Crippen molar-refractivity contribution in [1.82, 2.24) is 14.9 Å². The number of benzene rings is 1. The summed E-state index contributed by atoms with van der Waals surface area (Å²) in [6.07, 6.45) is 8.01. The number of nitrogens with zero attached hydrogens (tertiary/aromatic N) is 4. The van der Waals surface area contributed by atoms with Gasteiger partial charge < -0.3 is 25.5 Å². The van der Waals surface area contributed by atoms with Crippen molar-refractivity contribution in [2.24, 2.45) is 5.92 Å². The maximum atomic E-state index is 10.3. The average molecular weight is 521 g/mol. The molecule has 3 aromatic rings. The molecule has 0 bridgehead atoms. The van der Waals surface area contributed by atoms with Crippen LogP contribution in [0.3, 0.4) is 0 Å². The molecule has 2 aromatic heterocycles. The molecular weight excluding hydrogens is 480 g/mol. The summed E-state index contributed by atoms with van der Waals surface area (Å²) in [6.45, 7) is 8.61. The number of aryl methyl sites for hydroxylation is 1. The maximum absolute atomic E-state index is 10.3. The molecule has 2 aliphatic rings. The Morgan fingerprint density at radius 1 is 1.22 bits per heavy atom. The maximum Gasteiger partial charge on any atom is 0.142 e. The van der Waals surface area contributed by atoms with Crippen LogP contribution in [0, 0.1) is 5.92 Å². The fourth-order valence-electron chi connectivity index (χ4n) is 5.48. The van der Waals surface area contributed by atoms with Gasteiger partial charge in [-0.1, -0.05) is 11.6 Å². The highest BCUT2D eigenvalue weighted by atomic mass is 32.1. The van der Waals surface area contributed by atoms with Gasteiger partial charge >= 0.3 is 0 Å². The van der Waals surface area contributed by atoms with Gasteiger partial charge in [0.1, 0.15) is 17.0 Å². The molecule has 1 aliphatic carbocycles. The number of fused-ring (bicyclic) bond motifs is 4. The van der Waals surface area contributed by atoms with Gasteiger partial charge in [-0.25, -0.2) is 9.97 Å². The molecular formula is C29H40N6OS. The summed E-state index contributed by atoms with van der Waals surface area (Å²) in [5.74, 6) is 1.58. The SMILES string of the molecule is CC1=Cc2cc(Nc3ncnc4sc5c(c34)CCC(CN(C)C)C5)c(N(C)CCC(C)(C)O)cc2NC1. The Labute approximate surface area is 224 Å². The molecule has 0 fully saturated rings. The van der Waals surface area contributed by atoms with E-state index < -0.39 is 5.60 Å². The zero-order valence-corrected chi connectivity index (χ0v) is 23.8. The van der Waals surface area contributed by atoms with E-state index >= 15 is 0 Å². The van der Waals surface area contributed by atoms with E-state index in [9.17, 15) is 5.11 Å². The Morgan fingerprint density at radius 3 is 2.78 bits per heavy atom. The molecule has 0 spiro atoms. The van der Waals surface area contributed by atoms with E-state index in [1.54, 1.807) is 6.33 Å². The van der Waals surface area contributed by atoms with E-state index in [0.29, 0.717) is 12.3 Å². The lowest BCUT2D eigenvalue weighted by molar-refractivity contribution is 0.0734. The van der Waals surface area contributed by atoms with Gasteiger partial charge in [0.05, 0.1) is 22.4 Å². The first kappa shape index (κ1) is 25.9. The number of nitrogens with one attached hydrogen (secondary N) is 2. The average Bonchev–Trinajstić information content (AvgIpc) is 3.20. The minimum absolute atomic E-state index is 0.677. The van der Waals surface area contributed by atoms with Crippen molar-refractivity contribution in [3.05, 3.63) is 40.0 Å². The zero-order valence-electron chi connectivity index (χ0n) is 23.0. The lowest BCUT2D eigenvalue weighted by Gasteiger charge is -2.29. The van der Waals surface area contributed by atoms with E-state index in [1.807, 2.05) is 25.2 Å². The van der Waals surface area contributed by atoms with Gasteiger partial charge in [0.15, 0.2) is 0 Å². The Morgan fingerprint density at radius 2 is 2.03 bits per heavy atom. The molecule has 3 N–H and O–H groups in total. The molecule has 37 heavy (non-hydrogen) atoms. The highest BCUT2D eigenvalue weighted by Gasteiger charge is 2.26. The van der Waals surface area contributed by atoms with Crippen molar-refractivity contribution in [3.63, 3.8) is 0 Å². The van der Waals surface area contributed by atoms with Gasteiger partial charge in [-0.05, 0) is 89.7 Å². The molecule has 1 aliphatic heterocycles. The Balaban J connectivity index is 1.52. The van der Waals surface area contributed by atoms with Gasteiger partial charge in [-0.2, -0.15) is 0 Å². The summed E-state index contributed by atoms with van der Waals surface area (Å²) in [6, 6.07) is 4.44. The molecule has 0 radical (unpaired) electrons. The Bertz CT molecular complexity index is 1320. The minimum atomic E-state index is -0.715. The lowest BCUT2D eigenvalue weighted by Crippen LogP contribution is -2.28. The first-order valence-electron chi connectivity index (χ1n) is 13.3. The van der Waals surface area contributed by atoms with Crippen molar-refractivity contribution >= 4 is 50.5 Å². The molecule has 5 rings (SSSR count). The summed E-state index contributed by atoms with van der Waals surface area (Å²) in [5, 5.41) is 18.8. The van der Waals surface area contributed by atoms with Crippen molar-refractivity contribution in [2.45, 2.75) is 52.1 Å². The lowest BCUT2D eigenvalue weighted by atomic mass is 9.87. The van der Waals surface area contributed by atoms with Gasteiger partial charge in [0.2, 0.25) is 0 Å². The van der Waals surface area contributed by atoms with Crippen LogP contribution < -0.4 is 15.5 Å². The quantitative estimate of drug-likeness (QED) is 0.361. The summed E-state index contributed by atoms with van der Waals surface area (Å²) in [4.78, 5) is 16.5. The third kappa shape index (κ3) is 5.76. The second-order valence-corrected chi connectivity index (χ2v) is 12.8. The smallest absolute Gasteiger partial charge is 0.142 e. The number of aliphatic hydroxyl groups is 1. The largest absolute Gasteiger partial charge is 0.390 e. The second-order valence-electron chi connectivity index (χ2n) is 11.7. The number of hydrogen-bond acceptors (Lipinski definition) is 8. The molecule has 1 atom stereocenters. The minimum Gasteiger partial charge on any atom is -0.390 e. The predicted octanol–water partition coefficient (Wildman–Crippen LogP) is 5.53. The van der Waals surface area contributed by atoms with Crippen molar-refractivity contribution in [3.8, 4) is 0 Å². The molecule has 8 heteroatoms. The molecule has 1 aromatic carbocycles. The standard InChI is InChI=1S/C29H40N6OS/c1-18-11-20-13-23(24(14-22(20)30-15-18)35(6)10-9-29(2,3)36)33-27-26-21-8-7-19(16-34(4)5)12-25(21)37-28(26)32-17-31-27/h11,13-14,17,19,30,36H,7-10,12,15-16H2,1-6H3,(H,31,32,33). The number of hydrogen-bond donors (Lipinski definition) is 3. The molecule has 198 valence electrons. The van der Waals surface area contributed by atoms with E-state index in [0.717, 1.165) is 60.2 Å². The van der Waals surface area contributed by atoms with Crippen molar-refractivity contribution < 1.29 is 5.11 Å². The van der Waals surface area contributed by atoms with Gasteiger partial charge in [0, 0.05) is 37.2 Å². The molecule has 0 saturated heterocycles. The molecule has 7 nitrogen and oxygen atoms in total. The van der Waals surface area contributed by atoms with Crippen molar-refractivity contribution in [2.75, 3.05) is 56.3 Å². The van der Waals surface area contributed by atoms with Crippen LogP contribution in [-0.4, -0.2) is 66.4 Å². The summed E-state index contributed by atoms with van der Waals surface area (Å²) < 4.78 is 0. The molecule has 1 unspecified atom stereocenters. The fourth-order valence-corrected chi connectivity index (χ4v) is 6.78. The van der Waals surface area contributed by atoms with E-state index in [4.69, 9.17) is 4.98 Å². The third-order valence-electron chi connectivity index (χ3n) is 7.42. The first-order chi connectivity index (χ1) is 17.6. The van der Waals surface area contributed by atoms with Gasteiger partial charge in [-0.3, -0.25) is 0 Å². The van der Waals surface area contributed by atoms with Crippen LogP contribution >= 0.6 is 11.3 Å². The second kappa shape index (κ2) is 10.2. The van der Waals surface area contributed by atoms with Crippen LogP contribution in [0.25, 0.3) is 16.3 Å². The summed E-state index contributed by atoms with van der Waals surface area (Å²) >= 11 is 1.83. The number of thiophene rings is 1. The molecule has 3 heterocycles. The highest BCUT2D eigenvalue weighted by Crippen LogP contribution is 2.42. The highest BCUT2D eigenvalue weighted by molar-refractivity contribution is 7.19. The first-order valence-corrected chi connectivity index (χ1v) is 14.1. The normalized spacial score (nSPS) is 17.3. The number of anilines is 4. The van der Waals surface area contributed by atoms with E-state index in [1.165, 1.54) is 33.4 Å². The summed E-state index contributed by atoms with van der Waals surface area (Å²) in [5.41, 5.74) is 6.43. The monoisotopic (exact) mass is 520 g/mol. The molecule has 0 saturated carbocycles. The zero-order chi connectivity index (χ0) is 26.3. The Kier molecular flexibility index (Phi) is 7.18. The Hall–Kier alpha value is -2.68. The van der Waals surface area contributed by atoms with Crippen LogP contribution in [0.2, 0.25) is 0 Å². The van der Waals surface area contributed by atoms with Crippen LogP contribution in [0.5, 0.6) is 0 Å². The summed E-state index contributed by atoms with van der Waals surface area (Å²) in [7, 11) is 6.42. The van der Waals surface area contributed by atoms with Gasteiger partial charge in [0.25, 0.3) is 0 Å². The van der Waals surface area contributed by atoms with Gasteiger partial charge in [-0.15, -0.1) is 11.3 Å². The van der Waals surface area contributed by atoms with Crippen LogP contribution in [0.15, 0.2) is 24.0 Å². The number of aromatic nitrogens is 2. The fraction of sp³-hybridized carbons (Fsp3) is 0.517. The van der Waals surface area contributed by atoms with Crippen LogP contribution in [-0.2, 0) is 12.8 Å².